The Hall–Kier alpha value is 2.84. The van der Waals surface area contributed by atoms with Crippen LogP contribution in [0.25, 0.3) is 0 Å². The lowest BCUT2D eigenvalue weighted by atomic mass is 10.5. The van der Waals surface area contributed by atoms with Gasteiger partial charge in [0.2, 0.25) is 0 Å². The molecule has 1 N–H and O–H groups in total. The quantitative estimate of drug-likeness (QED) is 0.505. The molecule has 0 amide bonds. The van der Waals surface area contributed by atoms with Gasteiger partial charge in [0.25, 0.3) is 0 Å². The van der Waals surface area contributed by atoms with E-state index in [1.165, 1.54) is 0 Å². The number of aliphatic hydroxyl groups is 1. The van der Waals surface area contributed by atoms with E-state index in [2.05, 4.69) is 95.6 Å². The Morgan fingerprint density at radius 2 is 1.30 bits per heavy atom. The second kappa shape index (κ2) is 4.37. The lowest BCUT2D eigenvalue weighted by Crippen LogP contribution is -2.34. The fourth-order valence-corrected chi connectivity index (χ4v) is 3.72. The Kier molecular flexibility index (Phi) is 5.61. The second-order valence-corrected chi connectivity index (χ2v) is 12.8. The Bertz CT molecular complexity index is 97.1. The SMILES string of the molecule is OC(Br)(Br)C(Br)C(Br)(Br)Br. The van der Waals surface area contributed by atoms with Gasteiger partial charge in [-0.15, -0.1) is 0 Å². The first-order valence-electron chi connectivity index (χ1n) is 1.96. The maximum atomic E-state index is 9.32. The minimum atomic E-state index is -1.16. The summed E-state index contributed by atoms with van der Waals surface area (Å²) in [5, 5.41) is 9.32. The third-order valence-corrected chi connectivity index (χ3v) is 7.30. The molecule has 1 unspecified atom stereocenters. The van der Waals surface area contributed by atoms with Crippen molar-refractivity contribution in [1.29, 1.82) is 0 Å². The molecule has 0 rings (SSSR count). The number of hydrogen-bond acceptors (Lipinski definition) is 1. The molecule has 0 saturated carbocycles. The number of alkyl halides is 6. The zero-order chi connectivity index (χ0) is 8.58. The molecule has 0 saturated heterocycles. The molecule has 1 atom stereocenters. The van der Waals surface area contributed by atoms with Crippen molar-refractivity contribution in [2.45, 2.75) is 10.4 Å². The molecule has 0 aliphatic carbocycles. The molecule has 0 spiro atoms. The molecule has 10 heavy (non-hydrogen) atoms. The summed E-state index contributed by atoms with van der Waals surface area (Å²) >= 11 is 19.0. The van der Waals surface area contributed by atoms with E-state index in [9.17, 15) is 5.11 Å². The summed E-state index contributed by atoms with van der Waals surface area (Å²) in [5.74, 6) is 0. The van der Waals surface area contributed by atoms with Gasteiger partial charge >= 0.3 is 0 Å². The zero-order valence-corrected chi connectivity index (χ0v) is 13.8. The van der Waals surface area contributed by atoms with Gasteiger partial charge in [-0.05, 0) is 31.9 Å². The van der Waals surface area contributed by atoms with Gasteiger partial charge in [-0.25, -0.2) is 0 Å². The molecule has 0 bridgehead atoms. The molecule has 62 valence electrons. The van der Waals surface area contributed by atoms with Crippen LogP contribution in [0.15, 0.2) is 0 Å². The molecule has 0 fully saturated rings. The zero-order valence-electron chi connectivity index (χ0n) is 4.29. The molecule has 0 radical (unpaired) electrons. The largest absolute Gasteiger partial charge is 0.368 e. The van der Waals surface area contributed by atoms with E-state index in [1.807, 2.05) is 0 Å². The van der Waals surface area contributed by atoms with Crippen molar-refractivity contribution < 1.29 is 5.11 Å². The smallest absolute Gasteiger partial charge is 0.190 e. The maximum absolute atomic E-state index is 9.32. The van der Waals surface area contributed by atoms with Crippen LogP contribution in [0.2, 0.25) is 0 Å². The molecule has 0 heterocycles. The minimum Gasteiger partial charge on any atom is -0.368 e. The van der Waals surface area contributed by atoms with Gasteiger partial charge in [0, 0.05) is 0 Å². The molecule has 0 aliphatic rings. The summed E-state index contributed by atoms with van der Waals surface area (Å²) in [5.41, 5.74) is 0. The fourth-order valence-electron chi connectivity index (χ4n) is 0.197. The van der Waals surface area contributed by atoms with E-state index in [1.54, 1.807) is 0 Å². The van der Waals surface area contributed by atoms with E-state index in [0.29, 0.717) is 0 Å². The second-order valence-electron chi connectivity index (χ2n) is 1.49. The van der Waals surface area contributed by atoms with E-state index in [0.717, 1.165) is 0 Å². The van der Waals surface area contributed by atoms with Crippen molar-refractivity contribution in [3.63, 3.8) is 0 Å². The van der Waals surface area contributed by atoms with Crippen LogP contribution in [0, 0.1) is 0 Å². The summed E-state index contributed by atoms with van der Waals surface area (Å²) in [7, 11) is 0. The van der Waals surface area contributed by atoms with Crippen LogP contribution in [0.3, 0.4) is 0 Å². The fraction of sp³-hybridized carbons (Fsp3) is 1.00. The lowest BCUT2D eigenvalue weighted by molar-refractivity contribution is 0.246. The van der Waals surface area contributed by atoms with Gasteiger partial charge in [0.05, 0.1) is 4.83 Å². The average molecular weight is 533 g/mol. The topological polar surface area (TPSA) is 20.2 Å². The first kappa shape index (κ1) is 12.8. The molecule has 0 aliphatic heterocycles. The molecule has 1 nitrogen and oxygen atoms in total. The summed E-state index contributed by atoms with van der Waals surface area (Å²) < 4.78 is -1.70. The van der Waals surface area contributed by atoms with Gasteiger partial charge in [0.1, 0.15) is 0 Å². The first-order chi connectivity index (χ1) is 4.15. The van der Waals surface area contributed by atoms with Gasteiger partial charge in [0.15, 0.2) is 5.56 Å². The monoisotopic (exact) mass is 528 g/mol. The highest BCUT2D eigenvalue weighted by atomic mass is 80.0. The Balaban J connectivity index is 4.23. The van der Waals surface area contributed by atoms with Crippen LogP contribution >= 0.6 is 95.6 Å². The third kappa shape index (κ3) is 4.77. The van der Waals surface area contributed by atoms with Gasteiger partial charge in [-0.2, -0.15) is 0 Å². The van der Waals surface area contributed by atoms with Gasteiger partial charge in [-0.3, -0.25) is 0 Å². The number of rotatable bonds is 1. The summed E-state index contributed by atoms with van der Waals surface area (Å²) in [4.78, 5) is -0.285. The highest BCUT2D eigenvalue weighted by Crippen LogP contribution is 2.49. The van der Waals surface area contributed by atoms with Gasteiger partial charge < -0.3 is 5.11 Å². The predicted octanol–water partition coefficient (Wildman–Crippen LogP) is 4.02. The Morgan fingerprint density at radius 3 is 1.30 bits per heavy atom. The van der Waals surface area contributed by atoms with Crippen LogP contribution in [0.5, 0.6) is 0 Å². The summed E-state index contributed by atoms with van der Waals surface area (Å²) in [6, 6.07) is 0. The van der Waals surface area contributed by atoms with Crippen molar-refractivity contribution in [2.24, 2.45) is 0 Å². The molecule has 0 aromatic heterocycles. The highest BCUT2D eigenvalue weighted by molar-refractivity contribution is 9.40. The third-order valence-electron chi connectivity index (χ3n) is 0.592. The summed E-state index contributed by atoms with van der Waals surface area (Å²) in [6.07, 6.45) is 0. The van der Waals surface area contributed by atoms with E-state index in [-0.39, 0.29) is 4.83 Å². The van der Waals surface area contributed by atoms with Crippen LogP contribution in [-0.2, 0) is 0 Å². The minimum absolute atomic E-state index is 0.285. The van der Waals surface area contributed by atoms with Crippen LogP contribution in [-0.4, -0.2) is 15.5 Å². The Labute approximate surface area is 109 Å². The standard InChI is InChI=1S/C3H2Br6O/c4-1(2(5,6)7)3(8,9)10/h1,10H. The summed E-state index contributed by atoms with van der Waals surface area (Å²) in [6.45, 7) is 0. The van der Waals surface area contributed by atoms with Crippen molar-refractivity contribution in [3.8, 4) is 0 Å². The van der Waals surface area contributed by atoms with E-state index < -0.39 is 5.56 Å². The Morgan fingerprint density at radius 1 is 1.00 bits per heavy atom. The molecule has 7 heteroatoms. The normalized spacial score (nSPS) is 17.1. The van der Waals surface area contributed by atoms with Crippen LogP contribution < -0.4 is 0 Å². The molecular formula is C3H2Br6O. The van der Waals surface area contributed by atoms with E-state index in [4.69, 9.17) is 0 Å². The van der Waals surface area contributed by atoms with Crippen molar-refractivity contribution in [2.75, 3.05) is 0 Å². The van der Waals surface area contributed by atoms with Crippen molar-refractivity contribution in [1.82, 2.24) is 0 Å². The number of halogens is 6. The maximum Gasteiger partial charge on any atom is 0.190 e. The molecular weight excluding hydrogens is 531 g/mol. The van der Waals surface area contributed by atoms with E-state index >= 15 is 0 Å². The van der Waals surface area contributed by atoms with Gasteiger partial charge in [-0.1, -0.05) is 63.7 Å². The van der Waals surface area contributed by atoms with Crippen LogP contribution in [0.1, 0.15) is 0 Å². The average Bonchev–Trinajstić information content (AvgIpc) is 1.59. The number of hydrogen-bond donors (Lipinski definition) is 1. The molecule has 0 aromatic carbocycles. The van der Waals surface area contributed by atoms with Crippen molar-refractivity contribution >= 4 is 95.6 Å². The first-order valence-corrected chi connectivity index (χ1v) is 6.84. The highest BCUT2D eigenvalue weighted by Gasteiger charge is 2.42. The lowest BCUT2D eigenvalue weighted by Gasteiger charge is -2.27. The molecule has 0 aromatic rings. The van der Waals surface area contributed by atoms with Crippen LogP contribution in [0.4, 0.5) is 0 Å². The van der Waals surface area contributed by atoms with Crippen molar-refractivity contribution in [3.05, 3.63) is 0 Å². The predicted molar refractivity (Wildman–Crippen MR) is 65.0 cm³/mol.